The summed E-state index contributed by atoms with van der Waals surface area (Å²) in [5.74, 6) is 1.95. The third kappa shape index (κ3) is 3.27. The highest BCUT2D eigenvalue weighted by molar-refractivity contribution is 4.95. The van der Waals surface area contributed by atoms with Crippen LogP contribution in [0, 0.1) is 11.8 Å². The Kier molecular flexibility index (Phi) is 4.71. The Balaban J connectivity index is 1.89. The third-order valence-electron chi connectivity index (χ3n) is 5.66. The molecule has 0 amide bonds. The molecule has 1 atom stereocenters. The molecule has 0 spiro atoms. The van der Waals surface area contributed by atoms with Gasteiger partial charge in [-0.3, -0.25) is 4.90 Å². The molecule has 0 radical (unpaired) electrons. The maximum atomic E-state index is 6.10. The SMILES string of the molecule is CCC1CCC(N(C)C(C)(CN)CC2CC2)CC1. The van der Waals surface area contributed by atoms with Crippen LogP contribution in [0.3, 0.4) is 0 Å². The van der Waals surface area contributed by atoms with Crippen LogP contribution in [-0.2, 0) is 0 Å². The summed E-state index contributed by atoms with van der Waals surface area (Å²) < 4.78 is 0. The molecule has 2 nitrogen and oxygen atoms in total. The van der Waals surface area contributed by atoms with Gasteiger partial charge in [-0.05, 0) is 57.9 Å². The Hall–Kier alpha value is -0.0800. The molecule has 2 aliphatic carbocycles. The molecule has 0 aromatic heterocycles. The zero-order valence-electron chi connectivity index (χ0n) is 12.6. The zero-order valence-corrected chi connectivity index (χ0v) is 12.6. The van der Waals surface area contributed by atoms with Crippen LogP contribution in [-0.4, -0.2) is 30.1 Å². The van der Waals surface area contributed by atoms with Gasteiger partial charge in [-0.15, -0.1) is 0 Å². The summed E-state index contributed by atoms with van der Waals surface area (Å²) in [6.07, 6.45) is 11.2. The number of nitrogens with zero attached hydrogens (tertiary/aromatic N) is 1. The molecular weight excluding hydrogens is 220 g/mol. The number of likely N-dealkylation sites (N-methyl/N-ethyl adjacent to an activating group) is 1. The lowest BCUT2D eigenvalue weighted by Crippen LogP contribution is -2.55. The van der Waals surface area contributed by atoms with Crippen molar-refractivity contribution in [1.29, 1.82) is 0 Å². The molecule has 2 fully saturated rings. The Bertz CT molecular complexity index is 254. The van der Waals surface area contributed by atoms with E-state index < -0.39 is 0 Å². The van der Waals surface area contributed by atoms with E-state index >= 15 is 0 Å². The van der Waals surface area contributed by atoms with Crippen molar-refractivity contribution >= 4 is 0 Å². The second kappa shape index (κ2) is 5.92. The van der Waals surface area contributed by atoms with E-state index in [1.165, 1.54) is 51.4 Å². The molecule has 2 rings (SSSR count). The minimum absolute atomic E-state index is 0.241. The lowest BCUT2D eigenvalue weighted by atomic mass is 9.81. The van der Waals surface area contributed by atoms with Crippen LogP contribution in [0.1, 0.15) is 65.2 Å². The highest BCUT2D eigenvalue weighted by atomic mass is 15.2. The predicted molar refractivity (Wildman–Crippen MR) is 78.6 cm³/mol. The highest BCUT2D eigenvalue weighted by Gasteiger charge is 2.38. The van der Waals surface area contributed by atoms with Gasteiger partial charge in [-0.25, -0.2) is 0 Å². The number of rotatable bonds is 6. The van der Waals surface area contributed by atoms with Gasteiger partial charge in [-0.1, -0.05) is 26.2 Å². The maximum Gasteiger partial charge on any atom is 0.0306 e. The molecular formula is C16H32N2. The highest BCUT2D eigenvalue weighted by Crippen LogP contribution is 2.40. The molecule has 0 aromatic rings. The first-order chi connectivity index (χ1) is 8.59. The van der Waals surface area contributed by atoms with Crippen LogP contribution in [0.15, 0.2) is 0 Å². The average Bonchev–Trinajstić information content (AvgIpc) is 3.21. The summed E-state index contributed by atoms with van der Waals surface area (Å²) in [4.78, 5) is 2.64. The van der Waals surface area contributed by atoms with Crippen molar-refractivity contribution in [2.45, 2.75) is 76.8 Å². The topological polar surface area (TPSA) is 29.3 Å². The first kappa shape index (κ1) is 14.3. The van der Waals surface area contributed by atoms with Gasteiger partial charge >= 0.3 is 0 Å². The van der Waals surface area contributed by atoms with Crippen LogP contribution < -0.4 is 5.73 Å². The fraction of sp³-hybridized carbons (Fsp3) is 1.00. The van der Waals surface area contributed by atoms with Gasteiger partial charge in [0.05, 0.1) is 0 Å². The van der Waals surface area contributed by atoms with Gasteiger partial charge in [-0.2, -0.15) is 0 Å². The largest absolute Gasteiger partial charge is 0.329 e. The zero-order chi connectivity index (χ0) is 13.2. The van der Waals surface area contributed by atoms with Gasteiger partial charge in [0, 0.05) is 18.1 Å². The Labute approximate surface area is 113 Å². The summed E-state index contributed by atoms with van der Waals surface area (Å²) in [5.41, 5.74) is 6.34. The standard InChI is InChI=1S/C16H32N2/c1-4-13-7-9-15(10-8-13)18(3)16(2,12-17)11-14-5-6-14/h13-15H,4-12,17H2,1-3H3. The first-order valence-electron chi connectivity index (χ1n) is 8.02. The molecule has 106 valence electrons. The monoisotopic (exact) mass is 252 g/mol. The summed E-state index contributed by atoms with van der Waals surface area (Å²) in [6, 6.07) is 0.778. The minimum Gasteiger partial charge on any atom is -0.329 e. The van der Waals surface area contributed by atoms with E-state index in [9.17, 15) is 0 Å². The second-order valence-electron chi connectivity index (χ2n) is 7.04. The van der Waals surface area contributed by atoms with Gasteiger partial charge in [0.15, 0.2) is 0 Å². The van der Waals surface area contributed by atoms with Crippen molar-refractivity contribution in [3.05, 3.63) is 0 Å². The van der Waals surface area contributed by atoms with Crippen molar-refractivity contribution in [3.63, 3.8) is 0 Å². The quantitative estimate of drug-likeness (QED) is 0.785. The van der Waals surface area contributed by atoms with Gasteiger partial charge in [0.25, 0.3) is 0 Å². The van der Waals surface area contributed by atoms with Gasteiger partial charge in [0.1, 0.15) is 0 Å². The maximum absolute atomic E-state index is 6.10. The lowest BCUT2D eigenvalue weighted by Gasteiger charge is -2.45. The smallest absolute Gasteiger partial charge is 0.0306 e. The van der Waals surface area contributed by atoms with E-state index in [-0.39, 0.29) is 5.54 Å². The van der Waals surface area contributed by atoms with Crippen LogP contribution in [0.4, 0.5) is 0 Å². The van der Waals surface area contributed by atoms with Crippen molar-refractivity contribution in [2.75, 3.05) is 13.6 Å². The van der Waals surface area contributed by atoms with Crippen LogP contribution >= 0.6 is 0 Å². The van der Waals surface area contributed by atoms with E-state index in [0.29, 0.717) is 0 Å². The average molecular weight is 252 g/mol. The van der Waals surface area contributed by atoms with E-state index in [0.717, 1.165) is 24.4 Å². The number of hydrogen-bond acceptors (Lipinski definition) is 2. The van der Waals surface area contributed by atoms with Crippen molar-refractivity contribution in [2.24, 2.45) is 17.6 Å². The summed E-state index contributed by atoms with van der Waals surface area (Å²) in [5, 5.41) is 0. The normalized spacial score (nSPS) is 32.5. The summed E-state index contributed by atoms with van der Waals surface area (Å²) in [6.45, 7) is 5.54. The second-order valence-corrected chi connectivity index (χ2v) is 7.04. The molecule has 2 heteroatoms. The fourth-order valence-electron chi connectivity index (χ4n) is 3.70. The Morgan fingerprint density at radius 1 is 1.06 bits per heavy atom. The van der Waals surface area contributed by atoms with Crippen LogP contribution in [0.2, 0.25) is 0 Å². The van der Waals surface area contributed by atoms with Gasteiger partial charge < -0.3 is 5.73 Å². The molecule has 2 aliphatic rings. The molecule has 1 unspecified atom stereocenters. The van der Waals surface area contributed by atoms with E-state index in [1.54, 1.807) is 0 Å². The molecule has 0 heterocycles. The summed E-state index contributed by atoms with van der Waals surface area (Å²) >= 11 is 0. The molecule has 0 saturated heterocycles. The first-order valence-corrected chi connectivity index (χ1v) is 8.02. The molecule has 0 bridgehead atoms. The predicted octanol–water partition coefficient (Wildman–Crippen LogP) is 3.40. The van der Waals surface area contributed by atoms with E-state index in [2.05, 4.69) is 25.8 Å². The third-order valence-corrected chi connectivity index (χ3v) is 5.66. The molecule has 2 saturated carbocycles. The van der Waals surface area contributed by atoms with Crippen LogP contribution in [0.5, 0.6) is 0 Å². The van der Waals surface area contributed by atoms with Crippen molar-refractivity contribution in [1.82, 2.24) is 4.90 Å². The number of hydrogen-bond donors (Lipinski definition) is 1. The Morgan fingerprint density at radius 2 is 1.61 bits per heavy atom. The van der Waals surface area contributed by atoms with Crippen molar-refractivity contribution < 1.29 is 0 Å². The molecule has 0 aromatic carbocycles. The molecule has 18 heavy (non-hydrogen) atoms. The lowest BCUT2D eigenvalue weighted by molar-refractivity contribution is 0.0506. The van der Waals surface area contributed by atoms with Gasteiger partial charge in [0.2, 0.25) is 0 Å². The molecule has 0 aliphatic heterocycles. The van der Waals surface area contributed by atoms with Crippen molar-refractivity contribution in [3.8, 4) is 0 Å². The molecule has 2 N–H and O–H groups in total. The Morgan fingerprint density at radius 3 is 2.06 bits per heavy atom. The summed E-state index contributed by atoms with van der Waals surface area (Å²) in [7, 11) is 2.33. The van der Waals surface area contributed by atoms with Crippen LogP contribution in [0.25, 0.3) is 0 Å². The van der Waals surface area contributed by atoms with E-state index in [1.807, 2.05) is 0 Å². The number of nitrogens with two attached hydrogens (primary N) is 1. The fourth-order valence-corrected chi connectivity index (χ4v) is 3.70. The minimum atomic E-state index is 0.241. The van der Waals surface area contributed by atoms with E-state index in [4.69, 9.17) is 5.73 Å².